The third-order valence-corrected chi connectivity index (χ3v) is 4.79. The second-order valence-electron chi connectivity index (χ2n) is 5.67. The Morgan fingerprint density at radius 3 is 2.58 bits per heavy atom. The van der Waals surface area contributed by atoms with Crippen molar-refractivity contribution < 1.29 is 18.8 Å². The van der Waals surface area contributed by atoms with E-state index in [1.807, 2.05) is 43.3 Å². The number of hydrogen-bond donors (Lipinski definition) is 1. The van der Waals surface area contributed by atoms with Gasteiger partial charge in [-0.1, -0.05) is 35.0 Å². The van der Waals surface area contributed by atoms with Crippen LogP contribution in [0.2, 0.25) is 0 Å². The summed E-state index contributed by atoms with van der Waals surface area (Å²) >= 11 is 1.45. The molecule has 0 radical (unpaired) electrons. The Labute approximate surface area is 154 Å². The summed E-state index contributed by atoms with van der Waals surface area (Å²) in [6.45, 7) is 5.49. The van der Waals surface area contributed by atoms with Crippen molar-refractivity contribution in [3.63, 3.8) is 0 Å². The predicted molar refractivity (Wildman–Crippen MR) is 99.6 cm³/mol. The number of esters is 1. The van der Waals surface area contributed by atoms with E-state index in [1.165, 1.54) is 16.9 Å². The van der Waals surface area contributed by atoms with E-state index in [-0.39, 0.29) is 23.6 Å². The average molecular weight is 370 g/mol. The lowest BCUT2D eigenvalue weighted by atomic mass is 10.1. The molecule has 0 spiro atoms. The molecule has 0 unspecified atom stereocenters. The minimum absolute atomic E-state index is 0.0914. The maximum Gasteiger partial charge on any atom is 0.361 e. The van der Waals surface area contributed by atoms with Gasteiger partial charge in [0.15, 0.2) is 0 Å². The van der Waals surface area contributed by atoms with Gasteiger partial charge in [-0.25, -0.2) is 4.79 Å². The Morgan fingerprint density at radius 2 is 1.88 bits per heavy atom. The third-order valence-electron chi connectivity index (χ3n) is 3.74. The van der Waals surface area contributed by atoms with Gasteiger partial charge in [-0.05, 0) is 38.5 Å². The number of hydrogen-bond acceptors (Lipinski definition) is 6. The second kappa shape index (κ2) is 7.53. The molecule has 0 aliphatic carbocycles. The van der Waals surface area contributed by atoms with Crippen molar-refractivity contribution in [2.24, 2.45) is 0 Å². The fourth-order valence-corrected chi connectivity index (χ4v) is 3.34. The van der Waals surface area contributed by atoms with Gasteiger partial charge in [-0.3, -0.25) is 4.79 Å². The molecule has 3 rings (SSSR count). The highest BCUT2D eigenvalue weighted by molar-refractivity contribution is 7.19. The maximum atomic E-state index is 12.6. The number of anilines is 1. The normalized spacial score (nSPS) is 10.6. The minimum atomic E-state index is -0.680. The smallest absolute Gasteiger partial charge is 0.361 e. The van der Waals surface area contributed by atoms with Crippen LogP contribution in [0.4, 0.5) is 5.00 Å². The Kier molecular flexibility index (Phi) is 5.18. The van der Waals surface area contributed by atoms with Crippen LogP contribution in [0.3, 0.4) is 0 Å². The van der Waals surface area contributed by atoms with Crippen LogP contribution >= 0.6 is 11.3 Å². The fraction of sp³-hybridized carbons (Fsp3) is 0.211. The Bertz CT molecular complexity index is 941. The average Bonchev–Trinajstić information content (AvgIpc) is 3.22. The van der Waals surface area contributed by atoms with Gasteiger partial charge in [0.05, 0.1) is 11.6 Å². The van der Waals surface area contributed by atoms with Crippen LogP contribution in [0.1, 0.15) is 39.1 Å². The number of carbonyl (C=O) groups excluding carboxylic acids is 2. The first kappa shape index (κ1) is 17.9. The Hall–Kier alpha value is -2.93. The summed E-state index contributed by atoms with van der Waals surface area (Å²) in [5, 5.41) is 7.11. The van der Waals surface area contributed by atoms with E-state index in [0.29, 0.717) is 5.00 Å². The van der Waals surface area contributed by atoms with Crippen LogP contribution in [0, 0.1) is 13.8 Å². The molecule has 0 saturated carbocycles. The van der Waals surface area contributed by atoms with Gasteiger partial charge in [-0.15, -0.1) is 11.3 Å². The highest BCUT2D eigenvalue weighted by Gasteiger charge is 2.26. The van der Waals surface area contributed by atoms with Crippen molar-refractivity contribution in [2.45, 2.75) is 20.8 Å². The lowest BCUT2D eigenvalue weighted by Crippen LogP contribution is -2.17. The number of aromatic nitrogens is 1. The molecule has 0 bridgehead atoms. The monoisotopic (exact) mass is 370 g/mol. The fourth-order valence-electron chi connectivity index (χ4n) is 2.43. The molecule has 2 heterocycles. The van der Waals surface area contributed by atoms with E-state index in [9.17, 15) is 9.59 Å². The number of amides is 1. The zero-order chi connectivity index (χ0) is 18.7. The lowest BCUT2D eigenvalue weighted by molar-refractivity contribution is 0.0512. The van der Waals surface area contributed by atoms with E-state index in [1.54, 1.807) is 13.8 Å². The van der Waals surface area contributed by atoms with Crippen LogP contribution in [0.25, 0.3) is 10.4 Å². The van der Waals surface area contributed by atoms with E-state index in [4.69, 9.17) is 9.26 Å². The number of ether oxygens (including phenoxy) is 1. The van der Waals surface area contributed by atoms with Crippen LogP contribution in [0.15, 0.2) is 40.9 Å². The molecule has 1 amide bonds. The number of aryl methyl sites for hydroxylation is 2. The van der Waals surface area contributed by atoms with Gasteiger partial charge in [-0.2, -0.15) is 0 Å². The van der Waals surface area contributed by atoms with Crippen molar-refractivity contribution in [1.82, 2.24) is 5.16 Å². The van der Waals surface area contributed by atoms with Crippen LogP contribution in [0.5, 0.6) is 0 Å². The van der Waals surface area contributed by atoms with Crippen LogP contribution < -0.4 is 5.32 Å². The molecule has 134 valence electrons. The van der Waals surface area contributed by atoms with Crippen LogP contribution in [-0.2, 0) is 4.74 Å². The lowest BCUT2D eigenvalue weighted by Gasteiger charge is -2.03. The number of benzene rings is 1. The molecule has 0 atom stereocenters. The molecule has 0 fully saturated rings. The summed E-state index contributed by atoms with van der Waals surface area (Å²) in [6, 6.07) is 11.9. The van der Waals surface area contributed by atoms with Gasteiger partial charge in [0.2, 0.25) is 5.69 Å². The minimum Gasteiger partial charge on any atom is -0.461 e. The summed E-state index contributed by atoms with van der Waals surface area (Å²) in [5.41, 5.74) is 2.24. The van der Waals surface area contributed by atoms with E-state index in [0.717, 1.165) is 10.4 Å². The number of nitrogens with zero attached hydrogens (tertiary/aromatic N) is 1. The van der Waals surface area contributed by atoms with Gasteiger partial charge >= 0.3 is 5.97 Å². The third kappa shape index (κ3) is 3.67. The van der Waals surface area contributed by atoms with E-state index < -0.39 is 11.9 Å². The maximum absolute atomic E-state index is 12.6. The molecule has 0 saturated heterocycles. The molecule has 1 N–H and O–H groups in total. The first-order chi connectivity index (χ1) is 12.5. The largest absolute Gasteiger partial charge is 0.461 e. The van der Waals surface area contributed by atoms with Crippen molar-refractivity contribution in [3.8, 4) is 10.4 Å². The van der Waals surface area contributed by atoms with E-state index in [2.05, 4.69) is 10.5 Å². The standard InChI is InChI=1S/C19H18N2O4S/c1-4-24-19(23)17-16(12(3)25-21-17)18(22)20-15-10-9-14(26-15)13-7-5-11(2)6-8-13/h5-10H,4H2,1-3H3,(H,20,22). The van der Waals surface area contributed by atoms with Crippen molar-refractivity contribution in [2.75, 3.05) is 11.9 Å². The molecule has 3 aromatic rings. The van der Waals surface area contributed by atoms with Gasteiger partial charge in [0.1, 0.15) is 11.3 Å². The number of thiophene rings is 1. The molecular formula is C19H18N2O4S. The topological polar surface area (TPSA) is 81.4 Å². The van der Waals surface area contributed by atoms with E-state index >= 15 is 0 Å². The quantitative estimate of drug-likeness (QED) is 0.671. The number of carbonyl (C=O) groups is 2. The molecule has 26 heavy (non-hydrogen) atoms. The second-order valence-corrected chi connectivity index (χ2v) is 6.75. The van der Waals surface area contributed by atoms with Crippen molar-refractivity contribution >= 4 is 28.2 Å². The predicted octanol–water partition coefficient (Wildman–Crippen LogP) is 4.45. The molecule has 1 aromatic carbocycles. The highest BCUT2D eigenvalue weighted by Crippen LogP contribution is 2.32. The van der Waals surface area contributed by atoms with Crippen molar-refractivity contribution in [3.05, 3.63) is 59.0 Å². The molecule has 2 aromatic heterocycles. The van der Waals surface area contributed by atoms with Gasteiger partial charge in [0.25, 0.3) is 5.91 Å². The van der Waals surface area contributed by atoms with Gasteiger partial charge < -0.3 is 14.6 Å². The first-order valence-electron chi connectivity index (χ1n) is 8.11. The Morgan fingerprint density at radius 1 is 1.15 bits per heavy atom. The molecule has 6 nitrogen and oxygen atoms in total. The summed E-state index contributed by atoms with van der Waals surface area (Å²) in [7, 11) is 0. The van der Waals surface area contributed by atoms with Crippen LogP contribution in [-0.4, -0.2) is 23.6 Å². The zero-order valence-corrected chi connectivity index (χ0v) is 15.5. The molecule has 7 heteroatoms. The van der Waals surface area contributed by atoms with Crippen molar-refractivity contribution in [1.29, 1.82) is 0 Å². The van der Waals surface area contributed by atoms with Gasteiger partial charge in [0, 0.05) is 4.88 Å². The number of nitrogens with one attached hydrogen (secondary N) is 1. The zero-order valence-electron chi connectivity index (χ0n) is 14.7. The summed E-state index contributed by atoms with van der Waals surface area (Å²) in [6.07, 6.45) is 0. The highest BCUT2D eigenvalue weighted by atomic mass is 32.1. The SMILES string of the molecule is CCOC(=O)c1noc(C)c1C(=O)Nc1ccc(-c2ccc(C)cc2)s1. The summed E-state index contributed by atoms with van der Waals surface area (Å²) in [4.78, 5) is 25.6. The molecule has 0 aliphatic heterocycles. The first-order valence-corrected chi connectivity index (χ1v) is 8.93. The number of rotatable bonds is 5. The molecule has 0 aliphatic rings. The summed E-state index contributed by atoms with van der Waals surface area (Å²) in [5.74, 6) is -0.869. The summed E-state index contributed by atoms with van der Waals surface area (Å²) < 4.78 is 9.91. The molecular weight excluding hydrogens is 352 g/mol. The Balaban J connectivity index is 1.80.